The van der Waals surface area contributed by atoms with E-state index in [0.717, 1.165) is 11.1 Å². The highest BCUT2D eigenvalue weighted by molar-refractivity contribution is 7.93. The molecule has 0 saturated carbocycles. The number of carbonyl (C=O) groups is 1. The Morgan fingerprint density at radius 2 is 1.77 bits per heavy atom. The second-order valence-corrected chi connectivity index (χ2v) is 11.7. The SMILES string of the molecule is COCCN1CCC(C(=O)NO)(S(=O)(=O)c2ccc(OCCCn3nnc(-c4ccccc4C)n3)cc2)CC1.Cl. The molecule has 0 radical (unpaired) electrons. The molecule has 1 saturated heterocycles. The van der Waals surface area contributed by atoms with Crippen LogP contribution in [0.15, 0.2) is 53.4 Å². The maximum absolute atomic E-state index is 13.6. The van der Waals surface area contributed by atoms with Gasteiger partial charge in [0.05, 0.1) is 24.7 Å². The summed E-state index contributed by atoms with van der Waals surface area (Å²) in [6.07, 6.45) is 0.736. The van der Waals surface area contributed by atoms with Crippen LogP contribution in [-0.4, -0.2) is 89.3 Å². The molecule has 0 unspecified atom stereocenters. The normalized spacial score (nSPS) is 15.3. The fourth-order valence-electron chi connectivity index (χ4n) is 4.68. The molecule has 1 amide bonds. The fraction of sp³-hybridized carbons (Fsp3) is 0.462. The van der Waals surface area contributed by atoms with Crippen molar-refractivity contribution < 1.29 is 27.9 Å². The second-order valence-electron chi connectivity index (χ2n) is 9.47. The lowest BCUT2D eigenvalue weighted by Crippen LogP contribution is -2.57. The Balaban J connectivity index is 0.00000441. The molecular formula is C26H35ClN6O6S. The summed E-state index contributed by atoms with van der Waals surface area (Å²) in [5.41, 5.74) is 3.59. The number of tetrazole rings is 1. The summed E-state index contributed by atoms with van der Waals surface area (Å²) in [6.45, 7) is 4.80. The molecule has 1 aromatic heterocycles. The van der Waals surface area contributed by atoms with Crippen molar-refractivity contribution in [2.75, 3.05) is 40.0 Å². The van der Waals surface area contributed by atoms with Crippen molar-refractivity contribution in [3.8, 4) is 17.1 Å². The molecule has 0 aliphatic carbocycles. The Morgan fingerprint density at radius 1 is 1.07 bits per heavy atom. The molecule has 0 atom stereocenters. The zero-order valence-corrected chi connectivity index (χ0v) is 24.2. The zero-order chi connectivity index (χ0) is 27.9. The first-order valence-corrected chi connectivity index (χ1v) is 14.3. The number of hydrogen-bond donors (Lipinski definition) is 2. The minimum Gasteiger partial charge on any atom is -0.494 e. The van der Waals surface area contributed by atoms with Crippen molar-refractivity contribution >= 4 is 28.2 Å². The van der Waals surface area contributed by atoms with Crippen molar-refractivity contribution in [3.05, 3.63) is 54.1 Å². The van der Waals surface area contributed by atoms with Gasteiger partial charge in [-0.2, -0.15) is 4.80 Å². The van der Waals surface area contributed by atoms with E-state index < -0.39 is 20.5 Å². The molecule has 218 valence electrons. The number of nitrogens with one attached hydrogen (secondary N) is 1. The summed E-state index contributed by atoms with van der Waals surface area (Å²) in [5.74, 6) is 0.150. The highest BCUT2D eigenvalue weighted by Crippen LogP contribution is 2.36. The molecule has 2 N–H and O–H groups in total. The number of ether oxygens (including phenoxy) is 2. The molecule has 40 heavy (non-hydrogen) atoms. The topological polar surface area (TPSA) is 149 Å². The van der Waals surface area contributed by atoms with Gasteiger partial charge in [-0.15, -0.1) is 22.6 Å². The van der Waals surface area contributed by atoms with Crippen LogP contribution in [0.5, 0.6) is 5.75 Å². The van der Waals surface area contributed by atoms with E-state index in [1.54, 1.807) is 24.7 Å². The number of piperidine rings is 1. The van der Waals surface area contributed by atoms with Crippen molar-refractivity contribution in [1.82, 2.24) is 30.6 Å². The van der Waals surface area contributed by atoms with Crippen LogP contribution in [0.3, 0.4) is 0 Å². The van der Waals surface area contributed by atoms with Crippen LogP contribution in [0, 0.1) is 6.92 Å². The summed E-state index contributed by atoms with van der Waals surface area (Å²) in [4.78, 5) is 16.2. The number of carbonyl (C=O) groups excluding carboxylic acids is 1. The van der Waals surface area contributed by atoms with Gasteiger partial charge in [0, 0.05) is 38.7 Å². The van der Waals surface area contributed by atoms with Gasteiger partial charge >= 0.3 is 0 Å². The number of likely N-dealkylation sites (tertiary alicyclic amines) is 1. The van der Waals surface area contributed by atoms with Gasteiger partial charge in [-0.3, -0.25) is 10.0 Å². The largest absolute Gasteiger partial charge is 0.494 e. The number of aryl methyl sites for hydroxylation is 2. The maximum atomic E-state index is 13.6. The number of hydrogen-bond acceptors (Lipinski definition) is 10. The van der Waals surface area contributed by atoms with Crippen LogP contribution in [0.25, 0.3) is 11.4 Å². The predicted molar refractivity (Wildman–Crippen MR) is 149 cm³/mol. The Morgan fingerprint density at radius 3 is 2.42 bits per heavy atom. The number of sulfone groups is 1. The number of rotatable bonds is 12. The number of amides is 1. The maximum Gasteiger partial charge on any atom is 0.265 e. The van der Waals surface area contributed by atoms with Crippen LogP contribution in [0.4, 0.5) is 0 Å². The molecule has 1 fully saturated rings. The first-order chi connectivity index (χ1) is 18.8. The summed E-state index contributed by atoms with van der Waals surface area (Å²) in [5, 5.41) is 22.0. The summed E-state index contributed by atoms with van der Waals surface area (Å²) in [6, 6.07) is 13.8. The summed E-state index contributed by atoms with van der Waals surface area (Å²) in [7, 11) is -2.49. The summed E-state index contributed by atoms with van der Waals surface area (Å²) >= 11 is 0. The van der Waals surface area contributed by atoms with E-state index in [2.05, 4.69) is 15.4 Å². The van der Waals surface area contributed by atoms with Crippen molar-refractivity contribution in [3.63, 3.8) is 0 Å². The third-order valence-corrected chi connectivity index (χ3v) is 9.56. The molecule has 2 aromatic carbocycles. The highest BCUT2D eigenvalue weighted by Gasteiger charge is 2.52. The number of benzene rings is 2. The van der Waals surface area contributed by atoms with Crippen LogP contribution in [-0.2, 0) is 25.9 Å². The molecule has 3 aromatic rings. The van der Waals surface area contributed by atoms with E-state index in [4.69, 9.17) is 9.47 Å². The van der Waals surface area contributed by atoms with Crippen molar-refractivity contribution in [2.45, 2.75) is 42.4 Å². The molecular weight excluding hydrogens is 560 g/mol. The van der Waals surface area contributed by atoms with Gasteiger partial charge in [0.2, 0.25) is 5.82 Å². The molecule has 1 aliphatic rings. The van der Waals surface area contributed by atoms with Crippen LogP contribution >= 0.6 is 12.4 Å². The number of hydroxylamine groups is 1. The van der Waals surface area contributed by atoms with Gasteiger partial charge in [0.1, 0.15) is 5.75 Å². The minimum absolute atomic E-state index is 0. The first-order valence-electron chi connectivity index (χ1n) is 12.8. The molecule has 1 aliphatic heterocycles. The standard InChI is InChI=1S/C26H34N6O6S.ClH/c1-20-6-3-4-7-23(20)24-27-30-32(28-24)14-5-18-38-21-8-10-22(11-9-21)39(35,36)26(25(33)29-34)12-15-31(16-13-26)17-19-37-2;/h3-4,6-11,34H,5,12-19H2,1-2H3,(H,29,33);1H. The van der Waals surface area contributed by atoms with Crippen LogP contribution in [0.1, 0.15) is 24.8 Å². The minimum atomic E-state index is -4.09. The number of methoxy groups -OCH3 is 1. The molecule has 14 heteroatoms. The van der Waals surface area contributed by atoms with Gasteiger partial charge < -0.3 is 14.4 Å². The van der Waals surface area contributed by atoms with Crippen molar-refractivity contribution in [1.29, 1.82) is 0 Å². The average molecular weight is 595 g/mol. The predicted octanol–water partition coefficient (Wildman–Crippen LogP) is 2.30. The molecule has 12 nitrogen and oxygen atoms in total. The van der Waals surface area contributed by atoms with E-state index in [1.807, 2.05) is 36.1 Å². The Labute approximate surface area is 239 Å². The lowest BCUT2D eigenvalue weighted by molar-refractivity contribution is -0.133. The third-order valence-electron chi connectivity index (χ3n) is 7.05. The molecule has 2 heterocycles. The first kappa shape index (κ1) is 31.4. The fourth-order valence-corrected chi connectivity index (χ4v) is 6.64. The number of halogens is 1. The zero-order valence-electron chi connectivity index (χ0n) is 22.5. The number of aromatic nitrogens is 4. The van der Waals surface area contributed by atoms with Crippen LogP contribution in [0.2, 0.25) is 0 Å². The van der Waals surface area contributed by atoms with Gasteiger partial charge in [0.25, 0.3) is 5.91 Å². The highest BCUT2D eigenvalue weighted by atomic mass is 35.5. The van der Waals surface area contributed by atoms with Crippen LogP contribution < -0.4 is 10.2 Å². The quantitative estimate of drug-likeness (QED) is 0.182. The van der Waals surface area contributed by atoms with Crippen molar-refractivity contribution in [2.24, 2.45) is 0 Å². The third kappa shape index (κ3) is 6.78. The Kier molecular flexibility index (Phi) is 11.0. The number of nitrogens with zero attached hydrogens (tertiary/aromatic N) is 5. The molecule has 4 rings (SSSR count). The van der Waals surface area contributed by atoms with E-state index in [1.165, 1.54) is 16.9 Å². The average Bonchev–Trinajstić information content (AvgIpc) is 3.43. The van der Waals surface area contributed by atoms with Gasteiger partial charge in [-0.25, -0.2) is 13.9 Å². The lowest BCUT2D eigenvalue weighted by Gasteiger charge is -2.39. The summed E-state index contributed by atoms with van der Waals surface area (Å²) < 4.78 is 36.3. The van der Waals surface area contributed by atoms with Gasteiger partial charge in [-0.05, 0) is 54.8 Å². The van der Waals surface area contributed by atoms with E-state index in [-0.39, 0.29) is 30.1 Å². The monoisotopic (exact) mass is 594 g/mol. The Bertz CT molecular complexity index is 1360. The van der Waals surface area contributed by atoms with Gasteiger partial charge in [0.15, 0.2) is 14.6 Å². The second kappa shape index (κ2) is 14.0. The van der Waals surface area contributed by atoms with Gasteiger partial charge in [-0.1, -0.05) is 24.3 Å². The van der Waals surface area contributed by atoms with E-state index in [0.29, 0.717) is 57.4 Å². The smallest absolute Gasteiger partial charge is 0.265 e. The molecule has 0 spiro atoms. The molecule has 0 bridgehead atoms. The lowest BCUT2D eigenvalue weighted by atomic mass is 9.95. The Hall–Kier alpha value is -3.10. The van der Waals surface area contributed by atoms with E-state index in [9.17, 15) is 18.4 Å². The van der Waals surface area contributed by atoms with E-state index >= 15 is 0 Å².